The second-order valence-corrected chi connectivity index (χ2v) is 7.38. The van der Waals surface area contributed by atoms with Crippen LogP contribution in [-0.2, 0) is 4.79 Å². The third-order valence-corrected chi connectivity index (χ3v) is 5.30. The van der Waals surface area contributed by atoms with Gasteiger partial charge in [0.15, 0.2) is 11.6 Å². The Labute approximate surface area is 190 Å². The molecular weight excluding hydrogens is 421 g/mol. The highest BCUT2D eigenvalue weighted by Crippen LogP contribution is 2.34. The molecule has 0 N–H and O–H groups in total. The van der Waals surface area contributed by atoms with Gasteiger partial charge in [0.25, 0.3) is 0 Å². The average molecular weight is 441 g/mol. The van der Waals surface area contributed by atoms with Crippen LogP contribution >= 0.6 is 0 Å². The number of fused-ring (bicyclic) bond motifs is 1. The third-order valence-electron chi connectivity index (χ3n) is 5.30. The Morgan fingerprint density at radius 2 is 1.79 bits per heavy atom. The molecular formula is C26H20FN3O3. The summed E-state index contributed by atoms with van der Waals surface area (Å²) in [5.74, 6) is 0.567. The van der Waals surface area contributed by atoms with E-state index in [1.165, 1.54) is 11.1 Å². The molecule has 0 saturated carbocycles. The van der Waals surface area contributed by atoms with Crippen LogP contribution in [0.1, 0.15) is 6.42 Å². The lowest BCUT2D eigenvalue weighted by atomic mass is 10.2. The minimum Gasteiger partial charge on any atom is -0.497 e. The van der Waals surface area contributed by atoms with Crippen molar-refractivity contribution in [3.05, 3.63) is 97.1 Å². The zero-order valence-corrected chi connectivity index (χ0v) is 17.8. The highest BCUT2D eigenvalue weighted by Gasteiger charge is 2.25. The fourth-order valence-electron chi connectivity index (χ4n) is 3.72. The quantitative estimate of drug-likeness (QED) is 0.389. The molecule has 0 atom stereocenters. The summed E-state index contributed by atoms with van der Waals surface area (Å²) < 4.78 is 26.3. The van der Waals surface area contributed by atoms with Crippen LogP contribution in [0.25, 0.3) is 10.9 Å². The lowest BCUT2D eigenvalue weighted by molar-refractivity contribution is -0.118. The first-order valence-corrected chi connectivity index (χ1v) is 10.4. The molecule has 3 aromatic carbocycles. The van der Waals surface area contributed by atoms with Crippen molar-refractivity contribution >= 4 is 28.2 Å². The molecule has 0 unspecified atom stereocenters. The number of carbonyl (C=O) groups is 1. The van der Waals surface area contributed by atoms with Gasteiger partial charge in [-0.15, -0.1) is 0 Å². The SMILES string of the molecule is COc1ccc2c(Oc3ccc(N4C=CCC(=O)N4c4ccccc4)cc3F)ccnc2c1. The van der Waals surface area contributed by atoms with Gasteiger partial charge in [-0.3, -0.25) is 14.8 Å². The van der Waals surface area contributed by atoms with E-state index in [4.69, 9.17) is 9.47 Å². The molecule has 2 heterocycles. The van der Waals surface area contributed by atoms with E-state index in [0.717, 1.165) is 5.39 Å². The molecule has 0 radical (unpaired) electrons. The number of nitrogens with zero attached hydrogens (tertiary/aromatic N) is 3. The Hall–Kier alpha value is -4.39. The van der Waals surface area contributed by atoms with Gasteiger partial charge in [0.2, 0.25) is 5.91 Å². The molecule has 1 aliphatic heterocycles. The van der Waals surface area contributed by atoms with Crippen LogP contribution in [-0.4, -0.2) is 18.0 Å². The van der Waals surface area contributed by atoms with Crippen molar-refractivity contribution in [3.8, 4) is 17.2 Å². The Balaban J connectivity index is 1.46. The number of rotatable bonds is 5. The molecule has 0 bridgehead atoms. The predicted octanol–water partition coefficient (Wildman–Crippen LogP) is 5.85. The molecule has 0 aliphatic carbocycles. The fourth-order valence-corrected chi connectivity index (χ4v) is 3.72. The van der Waals surface area contributed by atoms with Crippen LogP contribution < -0.4 is 19.5 Å². The van der Waals surface area contributed by atoms with Crippen LogP contribution in [0.15, 0.2) is 91.3 Å². The number of para-hydroxylation sites is 1. The molecule has 164 valence electrons. The number of hydrazine groups is 1. The maximum atomic E-state index is 15.1. The number of carbonyl (C=O) groups excluding carboxylic acids is 1. The summed E-state index contributed by atoms with van der Waals surface area (Å²) in [6.45, 7) is 0. The number of benzene rings is 3. The van der Waals surface area contributed by atoms with Crippen molar-refractivity contribution in [2.24, 2.45) is 0 Å². The second-order valence-electron chi connectivity index (χ2n) is 7.38. The number of amides is 1. The third kappa shape index (κ3) is 3.96. The zero-order valence-electron chi connectivity index (χ0n) is 17.8. The highest BCUT2D eigenvalue weighted by atomic mass is 19.1. The highest BCUT2D eigenvalue weighted by molar-refractivity contribution is 5.98. The Morgan fingerprint density at radius 3 is 2.58 bits per heavy atom. The van der Waals surface area contributed by atoms with Crippen LogP contribution in [0.2, 0.25) is 0 Å². The van der Waals surface area contributed by atoms with E-state index in [1.807, 2.05) is 36.4 Å². The number of aromatic nitrogens is 1. The van der Waals surface area contributed by atoms with Gasteiger partial charge in [0.05, 0.1) is 24.0 Å². The molecule has 0 saturated heterocycles. The monoisotopic (exact) mass is 441 g/mol. The largest absolute Gasteiger partial charge is 0.497 e. The van der Waals surface area contributed by atoms with Gasteiger partial charge < -0.3 is 9.47 Å². The van der Waals surface area contributed by atoms with E-state index in [9.17, 15) is 4.79 Å². The molecule has 6 nitrogen and oxygen atoms in total. The van der Waals surface area contributed by atoms with E-state index in [0.29, 0.717) is 28.4 Å². The number of pyridine rings is 1. The minimum atomic E-state index is -0.551. The van der Waals surface area contributed by atoms with Gasteiger partial charge in [0, 0.05) is 36.3 Å². The summed E-state index contributed by atoms with van der Waals surface area (Å²) in [4.78, 5) is 17.0. The first-order chi connectivity index (χ1) is 16.1. The summed E-state index contributed by atoms with van der Waals surface area (Å²) in [6, 6.07) is 21.0. The topological polar surface area (TPSA) is 54.9 Å². The van der Waals surface area contributed by atoms with Crippen molar-refractivity contribution in [2.45, 2.75) is 6.42 Å². The van der Waals surface area contributed by atoms with Gasteiger partial charge in [-0.25, -0.2) is 9.40 Å². The summed E-state index contributed by atoms with van der Waals surface area (Å²) in [7, 11) is 1.59. The van der Waals surface area contributed by atoms with Gasteiger partial charge in [-0.2, -0.15) is 0 Å². The maximum absolute atomic E-state index is 15.1. The lowest BCUT2D eigenvalue weighted by Crippen LogP contribution is -2.46. The summed E-state index contributed by atoms with van der Waals surface area (Å²) >= 11 is 0. The minimum absolute atomic E-state index is 0.0700. The average Bonchev–Trinajstić information content (AvgIpc) is 2.85. The maximum Gasteiger partial charge on any atom is 0.249 e. The van der Waals surface area contributed by atoms with E-state index in [1.54, 1.807) is 60.9 Å². The molecule has 4 aromatic rings. The van der Waals surface area contributed by atoms with Crippen molar-refractivity contribution in [1.82, 2.24) is 4.98 Å². The van der Waals surface area contributed by atoms with Crippen molar-refractivity contribution in [3.63, 3.8) is 0 Å². The van der Waals surface area contributed by atoms with E-state index >= 15 is 4.39 Å². The van der Waals surface area contributed by atoms with Crippen LogP contribution in [0.5, 0.6) is 17.2 Å². The van der Waals surface area contributed by atoms with Crippen molar-refractivity contribution < 1.29 is 18.7 Å². The van der Waals surface area contributed by atoms with E-state index in [-0.39, 0.29) is 18.1 Å². The molecule has 1 aromatic heterocycles. The predicted molar refractivity (Wildman–Crippen MR) is 125 cm³/mol. The van der Waals surface area contributed by atoms with Gasteiger partial charge in [-0.1, -0.05) is 24.3 Å². The summed E-state index contributed by atoms with van der Waals surface area (Å²) in [6.07, 6.45) is 5.38. The first-order valence-electron chi connectivity index (χ1n) is 10.4. The zero-order chi connectivity index (χ0) is 22.8. The Kier molecular flexibility index (Phi) is 5.36. The molecule has 5 rings (SSSR count). The van der Waals surface area contributed by atoms with E-state index < -0.39 is 5.82 Å². The van der Waals surface area contributed by atoms with Crippen LogP contribution in [0.4, 0.5) is 15.8 Å². The van der Waals surface area contributed by atoms with Gasteiger partial charge in [0.1, 0.15) is 11.5 Å². The number of methoxy groups -OCH3 is 1. The normalized spacial score (nSPS) is 13.5. The molecule has 1 amide bonds. The fraction of sp³-hybridized carbons (Fsp3) is 0.0769. The van der Waals surface area contributed by atoms with E-state index in [2.05, 4.69) is 4.98 Å². The van der Waals surface area contributed by atoms with Gasteiger partial charge in [-0.05, 0) is 42.5 Å². The molecule has 0 spiro atoms. The van der Waals surface area contributed by atoms with Crippen LogP contribution in [0, 0.1) is 5.82 Å². The Morgan fingerprint density at radius 1 is 0.939 bits per heavy atom. The second kappa shape index (κ2) is 8.63. The number of anilines is 2. The van der Waals surface area contributed by atoms with Crippen molar-refractivity contribution in [2.75, 3.05) is 17.1 Å². The molecule has 0 fully saturated rings. The first kappa shape index (κ1) is 20.5. The summed E-state index contributed by atoms with van der Waals surface area (Å²) in [5.41, 5.74) is 1.88. The van der Waals surface area contributed by atoms with Gasteiger partial charge >= 0.3 is 0 Å². The molecule has 33 heavy (non-hydrogen) atoms. The number of hydrogen-bond acceptors (Lipinski definition) is 5. The number of hydrogen-bond donors (Lipinski definition) is 0. The number of ether oxygens (including phenoxy) is 2. The van der Waals surface area contributed by atoms with Crippen LogP contribution in [0.3, 0.4) is 0 Å². The Bertz CT molecular complexity index is 1360. The summed E-state index contributed by atoms with van der Waals surface area (Å²) in [5, 5.41) is 3.89. The lowest BCUT2D eigenvalue weighted by Gasteiger charge is -2.36. The smallest absolute Gasteiger partial charge is 0.249 e. The number of halogens is 1. The van der Waals surface area contributed by atoms with Crippen molar-refractivity contribution in [1.29, 1.82) is 0 Å². The standard InChI is InChI=1S/C26H20FN3O3/c1-32-20-10-11-21-23(17-20)28-14-13-24(21)33-25-12-9-19(16-22(25)27)29-15-5-8-26(31)30(29)18-6-3-2-4-7-18/h2-7,9-17H,8H2,1H3. The molecule has 1 aliphatic rings. The molecule has 7 heteroatoms.